The molecule has 24 heavy (non-hydrogen) atoms. The van der Waals surface area contributed by atoms with Gasteiger partial charge in [-0.3, -0.25) is 9.69 Å². The van der Waals surface area contributed by atoms with Crippen molar-refractivity contribution in [3.8, 4) is 0 Å². The third-order valence-electron chi connectivity index (χ3n) is 4.53. The fraction of sp³-hybridized carbons (Fsp3) is 0.350. The summed E-state index contributed by atoms with van der Waals surface area (Å²) in [5.41, 5.74) is 2.48. The highest BCUT2D eigenvalue weighted by atomic mass is 79.9. The van der Waals surface area contributed by atoms with Gasteiger partial charge in [-0.05, 0) is 30.2 Å². The molecule has 0 saturated carbocycles. The molecule has 0 amide bonds. The number of likely N-dealkylation sites (tertiary alicyclic amines) is 1. The van der Waals surface area contributed by atoms with E-state index in [1.165, 1.54) is 11.1 Å². The highest BCUT2D eigenvalue weighted by Gasteiger charge is 2.39. The number of nitrogens with zero attached hydrogens (tertiary/aromatic N) is 1. The van der Waals surface area contributed by atoms with Gasteiger partial charge in [-0.25, -0.2) is 0 Å². The fourth-order valence-corrected chi connectivity index (χ4v) is 3.66. The zero-order valence-electron chi connectivity index (χ0n) is 13.8. The Kier molecular flexibility index (Phi) is 5.69. The van der Waals surface area contributed by atoms with E-state index in [0.29, 0.717) is 6.61 Å². The highest BCUT2D eigenvalue weighted by molar-refractivity contribution is 9.10. The summed E-state index contributed by atoms with van der Waals surface area (Å²) in [4.78, 5) is 14.8. The zero-order chi connectivity index (χ0) is 16.9. The highest BCUT2D eigenvalue weighted by Crippen LogP contribution is 2.34. The predicted molar refractivity (Wildman–Crippen MR) is 98.7 cm³/mol. The molecule has 4 heteroatoms. The molecule has 0 aromatic heterocycles. The number of hydrogen-bond donors (Lipinski definition) is 0. The Bertz CT molecular complexity index is 672. The van der Waals surface area contributed by atoms with Gasteiger partial charge in [-0.1, -0.05) is 58.4 Å². The van der Waals surface area contributed by atoms with E-state index in [1.807, 2.05) is 25.1 Å². The van der Waals surface area contributed by atoms with Crippen molar-refractivity contribution in [2.45, 2.75) is 19.4 Å². The third-order valence-corrected chi connectivity index (χ3v) is 5.06. The second kappa shape index (κ2) is 7.95. The van der Waals surface area contributed by atoms with Crippen LogP contribution in [0.5, 0.6) is 0 Å². The summed E-state index contributed by atoms with van der Waals surface area (Å²) >= 11 is 3.48. The largest absolute Gasteiger partial charge is 0.466 e. The van der Waals surface area contributed by atoms with Crippen LogP contribution in [0.4, 0.5) is 0 Å². The Morgan fingerprint density at radius 1 is 1.12 bits per heavy atom. The second-order valence-corrected chi connectivity index (χ2v) is 7.11. The summed E-state index contributed by atoms with van der Waals surface area (Å²) in [5, 5.41) is 0. The van der Waals surface area contributed by atoms with Crippen molar-refractivity contribution < 1.29 is 9.53 Å². The first-order chi connectivity index (χ1) is 11.7. The maximum atomic E-state index is 12.4. The van der Waals surface area contributed by atoms with Gasteiger partial charge in [0.1, 0.15) is 0 Å². The number of benzene rings is 2. The summed E-state index contributed by atoms with van der Waals surface area (Å²) in [6.07, 6.45) is 0. The first kappa shape index (κ1) is 17.2. The van der Waals surface area contributed by atoms with Gasteiger partial charge < -0.3 is 4.74 Å². The second-order valence-electron chi connectivity index (χ2n) is 6.20. The zero-order valence-corrected chi connectivity index (χ0v) is 15.4. The molecule has 1 fully saturated rings. The number of esters is 1. The maximum absolute atomic E-state index is 12.4. The van der Waals surface area contributed by atoms with E-state index in [-0.39, 0.29) is 17.8 Å². The van der Waals surface area contributed by atoms with Crippen LogP contribution in [0.2, 0.25) is 0 Å². The normalized spacial score (nSPS) is 20.9. The summed E-state index contributed by atoms with van der Waals surface area (Å²) in [7, 11) is 0. The lowest BCUT2D eigenvalue weighted by atomic mass is 9.89. The average molecular weight is 388 g/mol. The molecule has 0 radical (unpaired) electrons. The van der Waals surface area contributed by atoms with Crippen molar-refractivity contribution in [1.29, 1.82) is 0 Å². The van der Waals surface area contributed by atoms with Crippen LogP contribution >= 0.6 is 15.9 Å². The molecule has 2 aromatic carbocycles. The molecule has 1 aliphatic heterocycles. The lowest BCUT2D eigenvalue weighted by Crippen LogP contribution is -2.25. The third kappa shape index (κ3) is 4.05. The lowest BCUT2D eigenvalue weighted by Gasteiger charge is -2.17. The SMILES string of the molecule is CCOC(=O)[C@@H]1CN(Cc2ccccc2)C[C@@H]1c1ccc(Br)cc1. The Morgan fingerprint density at radius 3 is 2.50 bits per heavy atom. The monoisotopic (exact) mass is 387 g/mol. The molecule has 2 aromatic rings. The number of carbonyl (C=O) groups excluding carboxylic acids is 1. The van der Waals surface area contributed by atoms with Crippen LogP contribution in [0.1, 0.15) is 24.0 Å². The summed E-state index contributed by atoms with van der Waals surface area (Å²) < 4.78 is 6.38. The van der Waals surface area contributed by atoms with Crippen molar-refractivity contribution in [3.63, 3.8) is 0 Å². The summed E-state index contributed by atoms with van der Waals surface area (Å²) in [6, 6.07) is 18.7. The van der Waals surface area contributed by atoms with Crippen molar-refractivity contribution in [3.05, 3.63) is 70.2 Å². The van der Waals surface area contributed by atoms with Crippen LogP contribution in [-0.2, 0) is 16.1 Å². The Balaban J connectivity index is 1.78. The molecule has 1 heterocycles. The summed E-state index contributed by atoms with van der Waals surface area (Å²) in [6.45, 7) is 4.78. The van der Waals surface area contributed by atoms with Gasteiger partial charge in [-0.2, -0.15) is 0 Å². The van der Waals surface area contributed by atoms with Crippen molar-refractivity contribution in [2.24, 2.45) is 5.92 Å². The predicted octanol–water partition coefficient (Wildman–Crippen LogP) is 4.23. The average Bonchev–Trinajstić information content (AvgIpc) is 3.00. The molecule has 3 nitrogen and oxygen atoms in total. The number of halogens is 1. The fourth-order valence-electron chi connectivity index (χ4n) is 3.39. The van der Waals surface area contributed by atoms with Gasteiger partial charge in [0.25, 0.3) is 0 Å². The first-order valence-corrected chi connectivity index (χ1v) is 9.15. The number of rotatable bonds is 5. The van der Waals surface area contributed by atoms with Gasteiger partial charge >= 0.3 is 5.97 Å². The van der Waals surface area contributed by atoms with Crippen LogP contribution < -0.4 is 0 Å². The molecule has 126 valence electrons. The van der Waals surface area contributed by atoms with E-state index >= 15 is 0 Å². The Morgan fingerprint density at radius 2 is 1.83 bits per heavy atom. The van der Waals surface area contributed by atoms with Crippen molar-refractivity contribution in [1.82, 2.24) is 4.90 Å². The molecule has 1 saturated heterocycles. The minimum absolute atomic E-state index is 0.0824. The minimum Gasteiger partial charge on any atom is -0.466 e. The molecule has 0 aliphatic carbocycles. The number of ether oxygens (including phenoxy) is 1. The molecule has 0 unspecified atom stereocenters. The van der Waals surface area contributed by atoms with Gasteiger partial charge in [0.15, 0.2) is 0 Å². The first-order valence-electron chi connectivity index (χ1n) is 8.35. The van der Waals surface area contributed by atoms with Crippen LogP contribution in [0.15, 0.2) is 59.1 Å². The summed E-state index contributed by atoms with van der Waals surface area (Å²) in [5.74, 6) is -0.00307. The van der Waals surface area contributed by atoms with E-state index in [4.69, 9.17) is 4.74 Å². The van der Waals surface area contributed by atoms with Crippen LogP contribution in [0.3, 0.4) is 0 Å². The lowest BCUT2D eigenvalue weighted by molar-refractivity contribution is -0.148. The Labute approximate surface area is 151 Å². The van der Waals surface area contributed by atoms with Gasteiger partial charge in [-0.15, -0.1) is 0 Å². The molecule has 0 N–H and O–H groups in total. The molecule has 2 atom stereocenters. The van der Waals surface area contributed by atoms with Gasteiger partial charge in [0.2, 0.25) is 0 Å². The van der Waals surface area contributed by atoms with Crippen molar-refractivity contribution in [2.75, 3.05) is 19.7 Å². The standard InChI is InChI=1S/C20H22BrNO2/c1-2-24-20(23)19-14-22(12-15-6-4-3-5-7-15)13-18(19)16-8-10-17(21)11-9-16/h3-11,18-19H,2,12-14H2,1H3/t18-,19-/m1/s1. The van der Waals surface area contributed by atoms with Crippen molar-refractivity contribution >= 4 is 21.9 Å². The molecule has 1 aliphatic rings. The van der Waals surface area contributed by atoms with Crippen LogP contribution in [0.25, 0.3) is 0 Å². The van der Waals surface area contributed by atoms with E-state index in [2.05, 4.69) is 57.2 Å². The molecular weight excluding hydrogens is 366 g/mol. The molecule has 0 bridgehead atoms. The smallest absolute Gasteiger partial charge is 0.310 e. The molecule has 3 rings (SSSR count). The van der Waals surface area contributed by atoms with E-state index < -0.39 is 0 Å². The van der Waals surface area contributed by atoms with E-state index in [0.717, 1.165) is 24.1 Å². The van der Waals surface area contributed by atoms with Crippen LogP contribution in [-0.4, -0.2) is 30.6 Å². The number of hydrogen-bond acceptors (Lipinski definition) is 3. The minimum atomic E-state index is -0.102. The van der Waals surface area contributed by atoms with Crippen LogP contribution in [0, 0.1) is 5.92 Å². The quantitative estimate of drug-likeness (QED) is 0.718. The maximum Gasteiger partial charge on any atom is 0.310 e. The molecule has 0 spiro atoms. The van der Waals surface area contributed by atoms with E-state index in [9.17, 15) is 4.79 Å². The molecular formula is C20H22BrNO2. The Hall–Kier alpha value is -1.65. The van der Waals surface area contributed by atoms with Gasteiger partial charge in [0.05, 0.1) is 12.5 Å². The van der Waals surface area contributed by atoms with Gasteiger partial charge in [0, 0.05) is 30.0 Å². The number of carbonyl (C=O) groups is 1. The van der Waals surface area contributed by atoms with E-state index in [1.54, 1.807) is 0 Å². The topological polar surface area (TPSA) is 29.5 Å².